The first-order valence-electron chi connectivity index (χ1n) is 7.68. The van der Waals surface area contributed by atoms with Gasteiger partial charge in [0.25, 0.3) is 5.91 Å². The standard InChI is InChI=1S/C18H21NO2S/c1-12-3-5-14(6-4-12)16-8-10-22-17(16)18(21)19-9-7-15(11-19)13(2)20/h3-6,8,10,13,15,20H,7,9,11H2,1-2H3. The molecule has 1 aliphatic heterocycles. The van der Waals surface area contributed by atoms with Crippen LogP contribution in [0.2, 0.25) is 0 Å². The van der Waals surface area contributed by atoms with E-state index < -0.39 is 0 Å². The first-order chi connectivity index (χ1) is 10.6. The van der Waals surface area contributed by atoms with Gasteiger partial charge < -0.3 is 10.0 Å². The Balaban J connectivity index is 1.83. The van der Waals surface area contributed by atoms with Gasteiger partial charge in [-0.3, -0.25) is 4.79 Å². The molecule has 1 amide bonds. The molecule has 22 heavy (non-hydrogen) atoms. The average molecular weight is 315 g/mol. The van der Waals surface area contributed by atoms with Crippen molar-refractivity contribution in [2.24, 2.45) is 5.92 Å². The number of hydrogen-bond acceptors (Lipinski definition) is 3. The number of rotatable bonds is 3. The minimum atomic E-state index is -0.349. The fourth-order valence-electron chi connectivity index (χ4n) is 2.94. The largest absolute Gasteiger partial charge is 0.393 e. The summed E-state index contributed by atoms with van der Waals surface area (Å²) in [6, 6.07) is 10.3. The van der Waals surface area contributed by atoms with Crippen molar-refractivity contribution < 1.29 is 9.90 Å². The smallest absolute Gasteiger partial charge is 0.264 e. The van der Waals surface area contributed by atoms with Gasteiger partial charge in [-0.2, -0.15) is 0 Å². The van der Waals surface area contributed by atoms with Crippen molar-refractivity contribution in [1.29, 1.82) is 0 Å². The van der Waals surface area contributed by atoms with Crippen LogP contribution >= 0.6 is 11.3 Å². The Bertz CT molecular complexity index is 660. The van der Waals surface area contributed by atoms with Crippen molar-refractivity contribution in [2.75, 3.05) is 13.1 Å². The maximum atomic E-state index is 12.8. The first-order valence-corrected chi connectivity index (χ1v) is 8.56. The second-order valence-electron chi connectivity index (χ2n) is 6.07. The Morgan fingerprint density at radius 3 is 2.68 bits per heavy atom. The molecule has 1 aliphatic rings. The van der Waals surface area contributed by atoms with Gasteiger partial charge in [0.05, 0.1) is 11.0 Å². The first kappa shape index (κ1) is 15.3. The summed E-state index contributed by atoms with van der Waals surface area (Å²) in [6.07, 6.45) is 0.534. The van der Waals surface area contributed by atoms with Crippen LogP contribution in [0.4, 0.5) is 0 Å². The molecule has 0 radical (unpaired) electrons. The van der Waals surface area contributed by atoms with Gasteiger partial charge in [0.15, 0.2) is 0 Å². The lowest BCUT2D eigenvalue weighted by atomic mass is 10.0. The maximum absolute atomic E-state index is 12.8. The highest BCUT2D eigenvalue weighted by atomic mass is 32.1. The fraction of sp³-hybridized carbons (Fsp3) is 0.389. The predicted octanol–water partition coefficient (Wildman–Crippen LogP) is 3.57. The van der Waals surface area contributed by atoms with Crippen LogP contribution in [0.25, 0.3) is 11.1 Å². The third-order valence-corrected chi connectivity index (χ3v) is 5.32. The van der Waals surface area contributed by atoms with Gasteiger partial charge in [-0.15, -0.1) is 11.3 Å². The van der Waals surface area contributed by atoms with E-state index in [1.807, 2.05) is 23.3 Å². The van der Waals surface area contributed by atoms with Crippen molar-refractivity contribution in [3.63, 3.8) is 0 Å². The molecule has 4 heteroatoms. The summed E-state index contributed by atoms with van der Waals surface area (Å²) in [7, 11) is 0. The number of amides is 1. The summed E-state index contributed by atoms with van der Waals surface area (Å²) in [5.41, 5.74) is 3.31. The number of benzene rings is 1. The Morgan fingerprint density at radius 2 is 2.05 bits per heavy atom. The molecule has 116 valence electrons. The number of carbonyl (C=O) groups is 1. The zero-order valence-electron chi connectivity index (χ0n) is 13.0. The van der Waals surface area contributed by atoms with E-state index in [4.69, 9.17) is 0 Å². The molecule has 1 fully saturated rings. The van der Waals surface area contributed by atoms with Crippen molar-refractivity contribution in [3.8, 4) is 11.1 Å². The molecule has 1 aromatic heterocycles. The number of hydrogen-bond donors (Lipinski definition) is 1. The van der Waals surface area contributed by atoms with Gasteiger partial charge in [0.1, 0.15) is 0 Å². The third kappa shape index (κ3) is 2.94. The molecule has 0 aliphatic carbocycles. The highest BCUT2D eigenvalue weighted by Crippen LogP contribution is 2.31. The number of carbonyl (C=O) groups excluding carboxylic acids is 1. The highest BCUT2D eigenvalue weighted by Gasteiger charge is 2.31. The number of aryl methyl sites for hydroxylation is 1. The van der Waals surface area contributed by atoms with Crippen LogP contribution in [-0.2, 0) is 0 Å². The second kappa shape index (κ2) is 6.23. The van der Waals surface area contributed by atoms with E-state index in [1.165, 1.54) is 16.9 Å². The van der Waals surface area contributed by atoms with Crippen molar-refractivity contribution in [1.82, 2.24) is 4.90 Å². The second-order valence-corrected chi connectivity index (χ2v) is 6.99. The molecule has 2 heterocycles. The van der Waals surface area contributed by atoms with Gasteiger partial charge >= 0.3 is 0 Å². The van der Waals surface area contributed by atoms with E-state index in [2.05, 4.69) is 31.2 Å². The van der Waals surface area contributed by atoms with Crippen LogP contribution < -0.4 is 0 Å². The molecular weight excluding hydrogens is 294 g/mol. The van der Waals surface area contributed by atoms with Crippen molar-refractivity contribution in [2.45, 2.75) is 26.4 Å². The lowest BCUT2D eigenvalue weighted by molar-refractivity contribution is 0.0768. The Labute approximate surface area is 135 Å². The minimum Gasteiger partial charge on any atom is -0.393 e. The zero-order valence-corrected chi connectivity index (χ0v) is 13.8. The van der Waals surface area contributed by atoms with E-state index in [-0.39, 0.29) is 17.9 Å². The van der Waals surface area contributed by atoms with Crippen LogP contribution in [0.15, 0.2) is 35.7 Å². The monoisotopic (exact) mass is 315 g/mol. The van der Waals surface area contributed by atoms with E-state index in [1.54, 1.807) is 0 Å². The van der Waals surface area contributed by atoms with Gasteiger partial charge in [-0.05, 0) is 37.3 Å². The molecule has 2 aromatic rings. The van der Waals surface area contributed by atoms with Crippen molar-refractivity contribution >= 4 is 17.2 Å². The Morgan fingerprint density at radius 1 is 1.32 bits per heavy atom. The molecule has 1 aromatic carbocycles. The average Bonchev–Trinajstić information content (AvgIpc) is 3.17. The molecule has 0 bridgehead atoms. The summed E-state index contributed by atoms with van der Waals surface area (Å²) in [6.45, 7) is 5.26. The van der Waals surface area contributed by atoms with Crippen LogP contribution in [0.1, 0.15) is 28.6 Å². The predicted molar refractivity (Wildman–Crippen MR) is 90.2 cm³/mol. The number of aliphatic hydroxyl groups is 1. The van der Waals surface area contributed by atoms with Crippen LogP contribution in [0, 0.1) is 12.8 Å². The van der Waals surface area contributed by atoms with Gasteiger partial charge in [0.2, 0.25) is 0 Å². The molecule has 0 spiro atoms. The molecule has 1 N–H and O–H groups in total. The van der Waals surface area contributed by atoms with E-state index in [0.29, 0.717) is 6.54 Å². The lowest BCUT2D eigenvalue weighted by Gasteiger charge is -2.18. The molecule has 2 atom stereocenters. The molecule has 1 saturated heterocycles. The number of likely N-dealkylation sites (tertiary alicyclic amines) is 1. The lowest BCUT2D eigenvalue weighted by Crippen LogP contribution is -2.30. The number of thiophene rings is 1. The van der Waals surface area contributed by atoms with Gasteiger partial charge in [0, 0.05) is 24.6 Å². The maximum Gasteiger partial charge on any atom is 0.264 e. The Hall–Kier alpha value is -1.65. The normalized spacial score (nSPS) is 19.4. The molecule has 2 unspecified atom stereocenters. The summed E-state index contributed by atoms with van der Waals surface area (Å²) in [4.78, 5) is 15.5. The summed E-state index contributed by atoms with van der Waals surface area (Å²) in [5.74, 6) is 0.292. The molecular formula is C18H21NO2S. The van der Waals surface area contributed by atoms with E-state index in [0.717, 1.165) is 29.0 Å². The van der Waals surface area contributed by atoms with Crippen molar-refractivity contribution in [3.05, 3.63) is 46.2 Å². The zero-order chi connectivity index (χ0) is 15.7. The SMILES string of the molecule is Cc1ccc(-c2ccsc2C(=O)N2CCC(C(C)O)C2)cc1. The highest BCUT2D eigenvalue weighted by molar-refractivity contribution is 7.12. The molecule has 0 saturated carbocycles. The third-order valence-electron chi connectivity index (χ3n) is 4.42. The Kier molecular flexibility index (Phi) is 4.32. The molecule has 3 nitrogen and oxygen atoms in total. The van der Waals surface area contributed by atoms with E-state index in [9.17, 15) is 9.90 Å². The van der Waals surface area contributed by atoms with E-state index >= 15 is 0 Å². The summed E-state index contributed by atoms with van der Waals surface area (Å²) >= 11 is 1.50. The number of nitrogens with zero attached hydrogens (tertiary/aromatic N) is 1. The minimum absolute atomic E-state index is 0.0914. The van der Waals surface area contributed by atoms with Crippen LogP contribution in [0.3, 0.4) is 0 Å². The van der Waals surface area contributed by atoms with Gasteiger partial charge in [-0.1, -0.05) is 29.8 Å². The van der Waals surface area contributed by atoms with Crippen LogP contribution in [-0.4, -0.2) is 35.1 Å². The quantitative estimate of drug-likeness (QED) is 0.940. The summed E-state index contributed by atoms with van der Waals surface area (Å²) < 4.78 is 0. The number of aliphatic hydroxyl groups excluding tert-OH is 1. The molecule has 3 rings (SSSR count). The van der Waals surface area contributed by atoms with Gasteiger partial charge in [-0.25, -0.2) is 0 Å². The summed E-state index contributed by atoms with van der Waals surface area (Å²) in [5, 5.41) is 11.7. The topological polar surface area (TPSA) is 40.5 Å². The van der Waals surface area contributed by atoms with Crippen LogP contribution in [0.5, 0.6) is 0 Å². The fourth-order valence-corrected chi connectivity index (χ4v) is 3.83.